The summed E-state index contributed by atoms with van der Waals surface area (Å²) in [7, 11) is 0. The first-order valence-corrected chi connectivity index (χ1v) is 7.15. The fourth-order valence-electron chi connectivity index (χ4n) is 2.06. The molecule has 0 amide bonds. The summed E-state index contributed by atoms with van der Waals surface area (Å²) in [6.07, 6.45) is 3.25. The Hall–Kier alpha value is -2.82. The first-order chi connectivity index (χ1) is 10.8. The molecule has 0 saturated carbocycles. The van der Waals surface area contributed by atoms with Crippen LogP contribution in [0.5, 0.6) is 5.75 Å². The number of aromatic nitrogens is 3. The highest BCUT2D eigenvalue weighted by Gasteiger charge is 1.99. The molecule has 5 nitrogen and oxygen atoms in total. The van der Waals surface area contributed by atoms with E-state index in [1.165, 1.54) is 11.1 Å². The minimum Gasteiger partial charge on any atom is -0.489 e. The minimum absolute atomic E-state index is 0.572. The Morgan fingerprint density at radius 3 is 2.55 bits per heavy atom. The van der Waals surface area contributed by atoms with Gasteiger partial charge in [-0.25, -0.2) is 4.68 Å². The molecule has 112 valence electrons. The Labute approximate surface area is 129 Å². The molecule has 0 aliphatic heterocycles. The van der Waals surface area contributed by atoms with E-state index < -0.39 is 0 Å². The lowest BCUT2D eigenvalue weighted by Gasteiger charge is -2.10. The van der Waals surface area contributed by atoms with Crippen LogP contribution in [0, 0.1) is 6.92 Å². The molecule has 1 aromatic heterocycles. The van der Waals surface area contributed by atoms with Crippen LogP contribution in [0.15, 0.2) is 61.2 Å². The van der Waals surface area contributed by atoms with Gasteiger partial charge in [0.1, 0.15) is 25.0 Å². The van der Waals surface area contributed by atoms with Crippen molar-refractivity contribution in [3.8, 4) is 5.75 Å². The van der Waals surface area contributed by atoms with Crippen molar-refractivity contribution < 1.29 is 4.74 Å². The average molecular weight is 294 g/mol. The number of nitrogens with one attached hydrogen (secondary N) is 1. The van der Waals surface area contributed by atoms with Gasteiger partial charge < -0.3 is 10.2 Å². The summed E-state index contributed by atoms with van der Waals surface area (Å²) in [5, 5.41) is 7.49. The summed E-state index contributed by atoms with van der Waals surface area (Å²) in [6.45, 7) is 3.33. The quantitative estimate of drug-likeness (QED) is 0.759. The lowest BCUT2D eigenvalue weighted by atomic mass is 10.2. The predicted molar refractivity (Wildman–Crippen MR) is 85.0 cm³/mol. The molecule has 0 aliphatic rings. The highest BCUT2D eigenvalue weighted by molar-refractivity contribution is 5.29. The van der Waals surface area contributed by atoms with Crippen LogP contribution >= 0.6 is 0 Å². The van der Waals surface area contributed by atoms with Crippen LogP contribution in [0.4, 0.5) is 0 Å². The summed E-state index contributed by atoms with van der Waals surface area (Å²) in [5.41, 5.74) is 6.74. The zero-order valence-electron chi connectivity index (χ0n) is 12.4. The molecular weight excluding hydrogens is 276 g/mol. The highest BCUT2D eigenvalue weighted by Crippen LogP contribution is 2.15. The van der Waals surface area contributed by atoms with Gasteiger partial charge in [0.2, 0.25) is 0 Å². The Balaban J connectivity index is 1.57. The van der Waals surface area contributed by atoms with Gasteiger partial charge >= 0.3 is 0 Å². The number of rotatable bonds is 6. The van der Waals surface area contributed by atoms with Gasteiger partial charge in [-0.2, -0.15) is 0 Å². The van der Waals surface area contributed by atoms with Crippen molar-refractivity contribution in [1.29, 1.82) is 0 Å². The molecule has 0 unspecified atom stereocenters. The minimum atomic E-state index is 0.572. The van der Waals surface area contributed by atoms with E-state index in [2.05, 4.69) is 52.9 Å². The van der Waals surface area contributed by atoms with Gasteiger partial charge in [0.05, 0.1) is 6.54 Å². The standard InChI is InChI=1S/C17H18N4O/c1-14-5-7-15(8-6-14)11-22-17-4-2-3-16(9-17)10-20-21-12-18-19-13-21/h2-9,12-13,20H,10-11H2,1H3. The van der Waals surface area contributed by atoms with E-state index in [1.54, 1.807) is 17.3 Å². The molecular formula is C17H18N4O. The Bertz CT molecular complexity index is 708. The summed E-state index contributed by atoms with van der Waals surface area (Å²) in [6, 6.07) is 16.4. The van der Waals surface area contributed by atoms with Crippen LogP contribution in [0.2, 0.25) is 0 Å². The monoisotopic (exact) mass is 294 g/mol. The number of hydrogen-bond acceptors (Lipinski definition) is 4. The van der Waals surface area contributed by atoms with Crippen molar-refractivity contribution in [1.82, 2.24) is 14.9 Å². The first kappa shape index (κ1) is 14.1. The third-order valence-electron chi connectivity index (χ3n) is 3.31. The van der Waals surface area contributed by atoms with Crippen molar-refractivity contribution in [2.75, 3.05) is 5.43 Å². The van der Waals surface area contributed by atoms with Crippen LogP contribution in [-0.4, -0.2) is 14.9 Å². The second-order valence-corrected chi connectivity index (χ2v) is 5.13. The third kappa shape index (κ3) is 3.85. The second-order valence-electron chi connectivity index (χ2n) is 5.13. The smallest absolute Gasteiger partial charge is 0.138 e. The van der Waals surface area contributed by atoms with Crippen LogP contribution in [-0.2, 0) is 13.2 Å². The maximum Gasteiger partial charge on any atom is 0.138 e. The molecule has 3 rings (SSSR count). The lowest BCUT2D eigenvalue weighted by Crippen LogP contribution is -2.12. The van der Waals surface area contributed by atoms with Crippen LogP contribution < -0.4 is 10.2 Å². The number of benzene rings is 2. The SMILES string of the molecule is Cc1ccc(COc2cccc(CNn3cnnc3)c2)cc1. The number of ether oxygens (including phenoxy) is 1. The van der Waals surface area contributed by atoms with Gasteiger partial charge in [0.15, 0.2) is 0 Å². The molecule has 0 aliphatic carbocycles. The molecule has 1 N–H and O–H groups in total. The van der Waals surface area contributed by atoms with E-state index in [0.29, 0.717) is 13.2 Å². The molecule has 3 aromatic rings. The molecule has 0 saturated heterocycles. The van der Waals surface area contributed by atoms with Crippen molar-refractivity contribution in [3.63, 3.8) is 0 Å². The molecule has 22 heavy (non-hydrogen) atoms. The predicted octanol–water partition coefficient (Wildman–Crippen LogP) is 2.91. The summed E-state index contributed by atoms with van der Waals surface area (Å²) >= 11 is 0. The Kier molecular flexibility index (Phi) is 4.34. The van der Waals surface area contributed by atoms with Crippen molar-refractivity contribution in [3.05, 3.63) is 77.9 Å². The number of hydrogen-bond donors (Lipinski definition) is 1. The Morgan fingerprint density at radius 2 is 1.77 bits per heavy atom. The molecule has 0 atom stereocenters. The van der Waals surface area contributed by atoms with E-state index in [1.807, 2.05) is 18.2 Å². The molecule has 0 fully saturated rings. The molecule has 2 aromatic carbocycles. The van der Waals surface area contributed by atoms with Crippen molar-refractivity contribution >= 4 is 0 Å². The van der Waals surface area contributed by atoms with Crippen molar-refractivity contribution in [2.45, 2.75) is 20.1 Å². The van der Waals surface area contributed by atoms with Gasteiger partial charge in [0.25, 0.3) is 0 Å². The van der Waals surface area contributed by atoms with Gasteiger partial charge in [-0.1, -0.05) is 42.0 Å². The summed E-state index contributed by atoms with van der Waals surface area (Å²) in [5.74, 6) is 0.864. The fraction of sp³-hybridized carbons (Fsp3) is 0.176. The third-order valence-corrected chi connectivity index (χ3v) is 3.31. The van der Waals surface area contributed by atoms with E-state index in [-0.39, 0.29) is 0 Å². The maximum absolute atomic E-state index is 5.85. The van der Waals surface area contributed by atoms with Crippen LogP contribution in [0.1, 0.15) is 16.7 Å². The molecule has 5 heteroatoms. The maximum atomic E-state index is 5.85. The lowest BCUT2D eigenvalue weighted by molar-refractivity contribution is 0.306. The number of aryl methyl sites for hydroxylation is 1. The van der Waals surface area contributed by atoms with E-state index in [9.17, 15) is 0 Å². The Morgan fingerprint density at radius 1 is 1.00 bits per heavy atom. The molecule has 0 bridgehead atoms. The molecule has 0 spiro atoms. The van der Waals surface area contributed by atoms with Gasteiger partial charge in [0, 0.05) is 0 Å². The van der Waals surface area contributed by atoms with Gasteiger partial charge in [-0.15, -0.1) is 10.2 Å². The van der Waals surface area contributed by atoms with E-state index >= 15 is 0 Å². The molecule has 0 radical (unpaired) electrons. The van der Waals surface area contributed by atoms with Crippen molar-refractivity contribution in [2.24, 2.45) is 0 Å². The average Bonchev–Trinajstić information content (AvgIpc) is 3.06. The summed E-state index contributed by atoms with van der Waals surface area (Å²) < 4.78 is 7.57. The highest BCUT2D eigenvalue weighted by atomic mass is 16.5. The normalized spacial score (nSPS) is 10.4. The first-order valence-electron chi connectivity index (χ1n) is 7.15. The van der Waals surface area contributed by atoms with E-state index in [4.69, 9.17) is 4.74 Å². The topological polar surface area (TPSA) is 52.0 Å². The van der Waals surface area contributed by atoms with E-state index in [0.717, 1.165) is 11.3 Å². The van der Waals surface area contributed by atoms with Crippen LogP contribution in [0.3, 0.4) is 0 Å². The van der Waals surface area contributed by atoms with Gasteiger partial charge in [-0.3, -0.25) is 0 Å². The van der Waals surface area contributed by atoms with Crippen LogP contribution in [0.25, 0.3) is 0 Å². The zero-order valence-corrected chi connectivity index (χ0v) is 12.4. The fourth-order valence-corrected chi connectivity index (χ4v) is 2.06. The van der Waals surface area contributed by atoms with Gasteiger partial charge in [-0.05, 0) is 30.2 Å². The number of nitrogens with zero attached hydrogens (tertiary/aromatic N) is 3. The molecule has 1 heterocycles. The largest absolute Gasteiger partial charge is 0.489 e. The second kappa shape index (κ2) is 6.76. The summed E-state index contributed by atoms with van der Waals surface area (Å²) in [4.78, 5) is 0. The zero-order chi connectivity index (χ0) is 15.2.